The third-order valence-corrected chi connectivity index (χ3v) is 9.60. The number of nitrogens with zero attached hydrogens (tertiary/aromatic N) is 3. The summed E-state index contributed by atoms with van der Waals surface area (Å²) in [6, 6.07) is 12.5. The van der Waals surface area contributed by atoms with Gasteiger partial charge < -0.3 is 9.47 Å². The van der Waals surface area contributed by atoms with E-state index in [4.69, 9.17) is 14.5 Å². The van der Waals surface area contributed by atoms with Gasteiger partial charge in [0.05, 0.1) is 41.1 Å². The lowest BCUT2D eigenvalue weighted by atomic mass is 10.1. The lowest BCUT2D eigenvalue weighted by Gasteiger charge is -2.27. The van der Waals surface area contributed by atoms with E-state index < -0.39 is 15.1 Å². The minimum absolute atomic E-state index is 0. The van der Waals surface area contributed by atoms with E-state index >= 15 is 0 Å². The Morgan fingerprint density at radius 3 is 2.53 bits per heavy atom. The van der Waals surface area contributed by atoms with E-state index in [1.807, 2.05) is 25.1 Å². The fourth-order valence-corrected chi connectivity index (χ4v) is 6.33. The average Bonchev–Trinajstić information content (AvgIpc) is 3.32. The lowest BCUT2D eigenvalue weighted by Crippen LogP contribution is -2.39. The lowest BCUT2D eigenvalue weighted by molar-refractivity contribution is -0.118. The van der Waals surface area contributed by atoms with Crippen molar-refractivity contribution in [1.29, 1.82) is 0 Å². The van der Waals surface area contributed by atoms with Crippen LogP contribution in [-0.2, 0) is 25.8 Å². The van der Waals surface area contributed by atoms with E-state index in [0.29, 0.717) is 24.0 Å². The molecule has 1 aliphatic rings. The van der Waals surface area contributed by atoms with E-state index in [-0.39, 0.29) is 29.6 Å². The quantitative estimate of drug-likeness (QED) is 0.327. The Kier molecular flexibility index (Phi) is 10.9. The van der Waals surface area contributed by atoms with Crippen LogP contribution in [0, 0.1) is 0 Å². The van der Waals surface area contributed by atoms with Gasteiger partial charge in [-0.15, -0.1) is 12.4 Å². The second-order valence-corrected chi connectivity index (χ2v) is 12.8. The number of halogens is 1. The van der Waals surface area contributed by atoms with Crippen molar-refractivity contribution in [3.63, 3.8) is 0 Å². The molecule has 2 aromatic carbocycles. The summed E-state index contributed by atoms with van der Waals surface area (Å²) in [5.41, 5.74) is 1.53. The third-order valence-electron chi connectivity index (χ3n) is 6.39. The normalized spacial score (nSPS) is 14.4. The Bertz CT molecular complexity index is 1310. The number of hydrogen-bond donors (Lipinski definition) is 0. The maximum absolute atomic E-state index is 13.6. The summed E-state index contributed by atoms with van der Waals surface area (Å²) >= 11 is 1.48. The number of sulfone groups is 1. The summed E-state index contributed by atoms with van der Waals surface area (Å²) in [4.78, 5) is 22.8. The fourth-order valence-electron chi connectivity index (χ4n) is 4.24. The molecule has 0 spiro atoms. The molecule has 8 nitrogen and oxygen atoms in total. The molecule has 1 fully saturated rings. The summed E-state index contributed by atoms with van der Waals surface area (Å²) < 4.78 is 37.1. The van der Waals surface area contributed by atoms with Gasteiger partial charge in [-0.25, -0.2) is 13.4 Å². The molecule has 4 rings (SSSR count). The molecule has 3 aromatic rings. The number of benzene rings is 2. The van der Waals surface area contributed by atoms with Gasteiger partial charge in [-0.1, -0.05) is 29.5 Å². The van der Waals surface area contributed by atoms with Crippen molar-refractivity contribution >= 4 is 54.8 Å². The van der Waals surface area contributed by atoms with Gasteiger partial charge in [0.1, 0.15) is 11.3 Å². The van der Waals surface area contributed by atoms with Crippen LogP contribution >= 0.6 is 23.7 Å². The molecule has 0 atom stereocenters. The standard InChI is InChI=1S/C27H35N3O5S2.ClH/c1-4-35-23-7-5-8-24-26(23)28-27(36-24)30(14-6-13-29-15-17-34-18-16-29)25(31)19-21-9-11-22(12-10-21)37(32,33)20(2)3;/h5,7-12,20H,4,6,13-19H2,1-3H3;1H. The highest BCUT2D eigenvalue weighted by atomic mass is 35.5. The van der Waals surface area contributed by atoms with Crippen molar-refractivity contribution in [2.75, 3.05) is 50.9 Å². The minimum atomic E-state index is -3.36. The molecule has 0 radical (unpaired) electrons. The van der Waals surface area contributed by atoms with Crippen LogP contribution in [0.2, 0.25) is 0 Å². The molecule has 11 heteroatoms. The Balaban J connectivity index is 0.00000400. The number of anilines is 1. The highest BCUT2D eigenvalue weighted by molar-refractivity contribution is 7.92. The number of thiazole rings is 1. The van der Waals surface area contributed by atoms with Crippen LogP contribution in [0.15, 0.2) is 47.4 Å². The predicted octanol–water partition coefficient (Wildman–Crippen LogP) is 4.60. The molecule has 208 valence electrons. The van der Waals surface area contributed by atoms with Crippen molar-refractivity contribution in [2.24, 2.45) is 0 Å². The van der Waals surface area contributed by atoms with E-state index in [1.54, 1.807) is 43.0 Å². The number of amides is 1. The third kappa shape index (κ3) is 7.24. The number of aromatic nitrogens is 1. The monoisotopic (exact) mass is 581 g/mol. The highest BCUT2D eigenvalue weighted by Gasteiger charge is 2.23. The first kappa shape index (κ1) is 30.3. The molecule has 0 aliphatic carbocycles. The summed E-state index contributed by atoms with van der Waals surface area (Å²) in [5.74, 6) is 0.642. The number of carbonyl (C=O) groups excluding carboxylic acids is 1. The first-order valence-electron chi connectivity index (χ1n) is 12.7. The van der Waals surface area contributed by atoms with E-state index in [9.17, 15) is 13.2 Å². The van der Waals surface area contributed by atoms with Gasteiger partial charge in [-0.2, -0.15) is 0 Å². The molecule has 1 amide bonds. The number of fused-ring (bicyclic) bond motifs is 1. The Morgan fingerprint density at radius 2 is 1.87 bits per heavy atom. The molecular formula is C27H36ClN3O5S2. The van der Waals surface area contributed by atoms with Gasteiger partial charge in [-0.3, -0.25) is 14.6 Å². The summed E-state index contributed by atoms with van der Waals surface area (Å²) in [6.07, 6.45) is 0.972. The predicted molar refractivity (Wildman–Crippen MR) is 155 cm³/mol. The largest absolute Gasteiger partial charge is 0.492 e. The van der Waals surface area contributed by atoms with Crippen LogP contribution in [0.3, 0.4) is 0 Å². The zero-order valence-electron chi connectivity index (χ0n) is 22.1. The molecule has 1 aliphatic heterocycles. The van der Waals surface area contributed by atoms with Crippen LogP contribution in [0.4, 0.5) is 5.13 Å². The fraction of sp³-hybridized carbons (Fsp3) is 0.481. The molecule has 0 saturated carbocycles. The van der Waals surface area contributed by atoms with Crippen LogP contribution in [0.1, 0.15) is 32.8 Å². The zero-order chi connectivity index (χ0) is 26.4. The maximum Gasteiger partial charge on any atom is 0.233 e. The van der Waals surface area contributed by atoms with Gasteiger partial charge >= 0.3 is 0 Å². The van der Waals surface area contributed by atoms with E-state index in [2.05, 4.69) is 4.90 Å². The SMILES string of the molecule is CCOc1cccc2sc(N(CCCN3CCOCC3)C(=O)Cc3ccc(S(=O)(=O)C(C)C)cc3)nc12.Cl. The van der Waals surface area contributed by atoms with Crippen LogP contribution in [0.25, 0.3) is 10.2 Å². The van der Waals surface area contributed by atoms with Crippen LogP contribution in [0.5, 0.6) is 5.75 Å². The maximum atomic E-state index is 13.6. The molecular weight excluding hydrogens is 546 g/mol. The molecule has 0 unspecified atom stereocenters. The summed E-state index contributed by atoms with van der Waals surface area (Å²) in [5, 5.41) is 0.149. The second-order valence-electron chi connectivity index (χ2n) is 9.30. The van der Waals surface area contributed by atoms with E-state index in [0.717, 1.165) is 55.0 Å². The molecule has 38 heavy (non-hydrogen) atoms. The second kappa shape index (κ2) is 13.7. The number of para-hydroxylation sites is 1. The minimum Gasteiger partial charge on any atom is -0.492 e. The van der Waals surface area contributed by atoms with Crippen molar-refractivity contribution in [1.82, 2.24) is 9.88 Å². The Morgan fingerprint density at radius 1 is 1.16 bits per heavy atom. The van der Waals surface area contributed by atoms with Gasteiger partial charge in [0.25, 0.3) is 0 Å². The first-order chi connectivity index (χ1) is 17.8. The van der Waals surface area contributed by atoms with Crippen molar-refractivity contribution in [3.8, 4) is 5.75 Å². The number of morpholine rings is 1. The number of rotatable bonds is 11. The van der Waals surface area contributed by atoms with Gasteiger partial charge in [0.15, 0.2) is 15.0 Å². The van der Waals surface area contributed by atoms with Crippen LogP contribution in [-0.4, -0.2) is 75.5 Å². The number of carbonyl (C=O) groups is 1. The molecule has 1 aromatic heterocycles. The molecule has 0 bridgehead atoms. The van der Waals surface area contributed by atoms with Crippen molar-refractivity contribution < 1.29 is 22.7 Å². The summed E-state index contributed by atoms with van der Waals surface area (Å²) in [6.45, 7) is 10.5. The van der Waals surface area contributed by atoms with Gasteiger partial charge in [-0.05, 0) is 57.0 Å². The van der Waals surface area contributed by atoms with Crippen molar-refractivity contribution in [2.45, 2.75) is 43.8 Å². The smallest absolute Gasteiger partial charge is 0.233 e. The van der Waals surface area contributed by atoms with Crippen LogP contribution < -0.4 is 9.64 Å². The Hall–Kier alpha value is -2.24. The van der Waals surface area contributed by atoms with E-state index in [1.165, 1.54) is 11.3 Å². The van der Waals surface area contributed by atoms with Crippen molar-refractivity contribution in [3.05, 3.63) is 48.0 Å². The topological polar surface area (TPSA) is 89.0 Å². The summed E-state index contributed by atoms with van der Waals surface area (Å²) in [7, 11) is -3.36. The molecule has 2 heterocycles. The highest BCUT2D eigenvalue weighted by Crippen LogP contribution is 2.34. The zero-order valence-corrected chi connectivity index (χ0v) is 24.5. The average molecular weight is 582 g/mol. The molecule has 0 N–H and O–H groups in total. The Labute approximate surface area is 235 Å². The number of hydrogen-bond acceptors (Lipinski definition) is 8. The molecule has 1 saturated heterocycles. The van der Waals surface area contributed by atoms with Gasteiger partial charge in [0, 0.05) is 26.2 Å². The van der Waals surface area contributed by atoms with Gasteiger partial charge in [0.2, 0.25) is 5.91 Å². The number of ether oxygens (including phenoxy) is 2. The first-order valence-corrected chi connectivity index (χ1v) is 15.1.